The van der Waals surface area contributed by atoms with Crippen molar-refractivity contribution in [1.82, 2.24) is 25.3 Å². The van der Waals surface area contributed by atoms with Crippen molar-refractivity contribution in [3.8, 4) is 17.1 Å². The molecule has 1 saturated heterocycles. The molecule has 0 radical (unpaired) electrons. The zero-order valence-electron chi connectivity index (χ0n) is 20.5. The fourth-order valence-electron chi connectivity index (χ4n) is 4.42. The minimum atomic E-state index is -0.273. The maximum Gasteiger partial charge on any atom is 0.271 e. The smallest absolute Gasteiger partial charge is 0.271 e. The number of carbonyl (C=O) groups excluding carboxylic acids is 1. The van der Waals surface area contributed by atoms with Gasteiger partial charge >= 0.3 is 0 Å². The van der Waals surface area contributed by atoms with Crippen LogP contribution in [0.5, 0.6) is 5.75 Å². The summed E-state index contributed by atoms with van der Waals surface area (Å²) in [6.45, 7) is 6.40. The van der Waals surface area contributed by atoms with Gasteiger partial charge in [-0.1, -0.05) is 19.1 Å². The third kappa shape index (κ3) is 5.17. The van der Waals surface area contributed by atoms with Crippen molar-refractivity contribution in [2.24, 2.45) is 0 Å². The van der Waals surface area contributed by atoms with Crippen molar-refractivity contribution in [1.29, 1.82) is 0 Å². The van der Waals surface area contributed by atoms with E-state index in [0.717, 1.165) is 56.3 Å². The normalized spacial score (nSPS) is 14.1. The van der Waals surface area contributed by atoms with Crippen LogP contribution in [0.2, 0.25) is 0 Å². The van der Waals surface area contributed by atoms with Gasteiger partial charge in [0.15, 0.2) is 5.65 Å². The lowest BCUT2D eigenvalue weighted by atomic mass is 10.0. The van der Waals surface area contributed by atoms with Crippen LogP contribution in [0.4, 0.5) is 5.69 Å². The van der Waals surface area contributed by atoms with Crippen LogP contribution >= 0.6 is 0 Å². The molecule has 9 nitrogen and oxygen atoms in total. The number of amides is 1. The average molecular weight is 487 g/mol. The summed E-state index contributed by atoms with van der Waals surface area (Å²) in [5.74, 6) is 1.18. The molecule has 36 heavy (non-hydrogen) atoms. The Bertz CT molecular complexity index is 1350. The zero-order valence-corrected chi connectivity index (χ0v) is 20.5. The van der Waals surface area contributed by atoms with E-state index in [1.807, 2.05) is 36.4 Å². The first-order valence-electron chi connectivity index (χ1n) is 12.1. The lowest BCUT2D eigenvalue weighted by Crippen LogP contribution is -2.36. The van der Waals surface area contributed by atoms with Gasteiger partial charge in [0.2, 0.25) is 0 Å². The first-order chi connectivity index (χ1) is 17.6. The topological polar surface area (TPSA) is 104 Å². The van der Waals surface area contributed by atoms with Gasteiger partial charge in [-0.15, -0.1) is 0 Å². The summed E-state index contributed by atoms with van der Waals surface area (Å²) < 4.78 is 10.7. The number of carbonyl (C=O) groups is 1. The quantitative estimate of drug-likeness (QED) is 0.326. The number of rotatable bonds is 8. The van der Waals surface area contributed by atoms with Crippen LogP contribution in [-0.2, 0) is 17.7 Å². The lowest BCUT2D eigenvalue weighted by Gasteiger charge is -2.28. The number of hydrazine groups is 1. The van der Waals surface area contributed by atoms with Crippen molar-refractivity contribution in [3.05, 3.63) is 71.4 Å². The van der Waals surface area contributed by atoms with Crippen LogP contribution < -0.4 is 15.6 Å². The second-order valence-electron chi connectivity index (χ2n) is 8.67. The van der Waals surface area contributed by atoms with E-state index < -0.39 is 0 Å². The van der Waals surface area contributed by atoms with Gasteiger partial charge in [0.1, 0.15) is 11.6 Å². The van der Waals surface area contributed by atoms with Crippen molar-refractivity contribution in [2.45, 2.75) is 19.9 Å². The number of H-pyrrole nitrogens is 1. The Labute approximate surface area is 209 Å². The highest BCUT2D eigenvalue weighted by Gasteiger charge is 2.15. The van der Waals surface area contributed by atoms with Gasteiger partial charge < -0.3 is 14.5 Å². The predicted molar refractivity (Wildman–Crippen MR) is 139 cm³/mol. The van der Waals surface area contributed by atoms with Gasteiger partial charge in [0.05, 0.1) is 37.1 Å². The van der Waals surface area contributed by atoms with Crippen molar-refractivity contribution in [2.75, 3.05) is 38.8 Å². The third-order valence-corrected chi connectivity index (χ3v) is 6.40. The molecule has 9 heteroatoms. The summed E-state index contributed by atoms with van der Waals surface area (Å²) in [7, 11) is 1.63. The molecule has 4 aromatic rings. The second kappa shape index (κ2) is 10.8. The Morgan fingerprint density at radius 3 is 2.72 bits per heavy atom. The molecule has 1 fully saturated rings. The highest BCUT2D eigenvalue weighted by Crippen LogP contribution is 2.24. The lowest BCUT2D eigenvalue weighted by molar-refractivity contribution is 0.0341. The van der Waals surface area contributed by atoms with Gasteiger partial charge in [0.25, 0.3) is 5.91 Å². The number of pyridine rings is 1. The maximum absolute atomic E-state index is 12.9. The number of aromatic nitrogens is 3. The van der Waals surface area contributed by atoms with Gasteiger partial charge in [-0.3, -0.25) is 20.5 Å². The molecule has 0 atom stereocenters. The first-order valence-corrected chi connectivity index (χ1v) is 12.1. The molecule has 0 saturated carbocycles. The number of imidazole rings is 1. The minimum Gasteiger partial charge on any atom is -0.497 e. The molecule has 0 bridgehead atoms. The molecule has 1 aliphatic heterocycles. The number of morpholine rings is 1. The monoisotopic (exact) mass is 486 g/mol. The predicted octanol–water partition coefficient (Wildman–Crippen LogP) is 3.79. The summed E-state index contributed by atoms with van der Waals surface area (Å²) in [4.78, 5) is 27.5. The Morgan fingerprint density at radius 2 is 1.97 bits per heavy atom. The number of ether oxygens (including phenoxy) is 2. The van der Waals surface area contributed by atoms with E-state index in [2.05, 4.69) is 43.7 Å². The van der Waals surface area contributed by atoms with Gasteiger partial charge in [0, 0.05) is 31.4 Å². The molecule has 186 valence electrons. The number of nitrogens with one attached hydrogen (secondary N) is 3. The Hall–Kier alpha value is -3.95. The number of hydrogen-bond donors (Lipinski definition) is 3. The number of aromatic amines is 1. The van der Waals surface area contributed by atoms with Gasteiger partial charge in [-0.25, -0.2) is 9.97 Å². The molecular weight excluding hydrogens is 456 g/mol. The van der Waals surface area contributed by atoms with E-state index in [1.54, 1.807) is 13.2 Å². The van der Waals surface area contributed by atoms with E-state index >= 15 is 0 Å². The molecule has 5 rings (SSSR count). The Kier molecular flexibility index (Phi) is 7.11. The van der Waals surface area contributed by atoms with Gasteiger partial charge in [-0.2, -0.15) is 0 Å². The summed E-state index contributed by atoms with van der Waals surface area (Å²) in [6, 6.07) is 15.5. The van der Waals surface area contributed by atoms with Crippen LogP contribution in [0.1, 0.15) is 28.4 Å². The van der Waals surface area contributed by atoms with Crippen LogP contribution in [0, 0.1) is 0 Å². The summed E-state index contributed by atoms with van der Waals surface area (Å²) in [5, 5.41) is 0. The molecule has 2 aromatic heterocycles. The molecule has 2 aromatic carbocycles. The number of nitrogens with zero attached hydrogens (tertiary/aromatic N) is 3. The fourth-order valence-corrected chi connectivity index (χ4v) is 4.42. The van der Waals surface area contributed by atoms with Crippen molar-refractivity contribution >= 4 is 22.8 Å². The molecule has 0 unspecified atom stereocenters. The second-order valence-corrected chi connectivity index (χ2v) is 8.67. The Morgan fingerprint density at radius 1 is 1.17 bits per heavy atom. The fraction of sp³-hybridized carbons (Fsp3) is 0.296. The standard InChI is InChI=1S/C27H30N6O3/c1-3-22-19(17-33-11-13-36-14-12-33)5-4-6-23(22)31-32-27(34)20-15-24-26(28-16-20)30-25(29-24)18-7-9-21(35-2)10-8-18/h4-10,15-16,31H,3,11-14,17H2,1-2H3,(H,32,34)(H,28,29,30). The highest BCUT2D eigenvalue weighted by atomic mass is 16.5. The number of fused-ring (bicyclic) bond motifs is 1. The first kappa shape index (κ1) is 23.8. The van der Waals surface area contributed by atoms with Crippen molar-refractivity contribution in [3.63, 3.8) is 0 Å². The van der Waals surface area contributed by atoms with E-state index in [9.17, 15) is 4.79 Å². The molecule has 1 amide bonds. The summed E-state index contributed by atoms with van der Waals surface area (Å²) in [6.07, 6.45) is 2.39. The molecule has 1 aliphatic rings. The highest BCUT2D eigenvalue weighted by molar-refractivity contribution is 5.97. The minimum absolute atomic E-state index is 0.273. The average Bonchev–Trinajstić information content (AvgIpc) is 3.36. The van der Waals surface area contributed by atoms with Crippen LogP contribution in [0.15, 0.2) is 54.7 Å². The van der Waals surface area contributed by atoms with Gasteiger partial charge in [-0.05, 0) is 53.9 Å². The molecule has 0 spiro atoms. The van der Waals surface area contributed by atoms with Crippen LogP contribution in [-0.4, -0.2) is 59.2 Å². The van der Waals surface area contributed by atoms with E-state index in [1.165, 1.54) is 17.3 Å². The van der Waals surface area contributed by atoms with E-state index in [4.69, 9.17) is 9.47 Å². The van der Waals surface area contributed by atoms with E-state index in [-0.39, 0.29) is 5.91 Å². The third-order valence-electron chi connectivity index (χ3n) is 6.40. The summed E-state index contributed by atoms with van der Waals surface area (Å²) >= 11 is 0. The van der Waals surface area contributed by atoms with Crippen LogP contribution in [0.3, 0.4) is 0 Å². The number of benzene rings is 2. The maximum atomic E-state index is 12.9. The molecule has 0 aliphatic carbocycles. The van der Waals surface area contributed by atoms with Crippen molar-refractivity contribution < 1.29 is 14.3 Å². The Balaban J connectivity index is 1.28. The number of methoxy groups -OCH3 is 1. The molecule has 3 heterocycles. The number of anilines is 1. The van der Waals surface area contributed by atoms with Crippen LogP contribution in [0.25, 0.3) is 22.6 Å². The van der Waals surface area contributed by atoms with E-state index in [0.29, 0.717) is 22.6 Å². The largest absolute Gasteiger partial charge is 0.497 e. The number of hydrogen-bond acceptors (Lipinski definition) is 7. The molecule has 3 N–H and O–H groups in total. The SMILES string of the molecule is CCc1c(CN2CCOCC2)cccc1NNC(=O)c1cnc2nc(-c3ccc(OC)cc3)[nH]c2c1. The zero-order chi connectivity index (χ0) is 24.9. The molecular formula is C27H30N6O3. The summed E-state index contributed by atoms with van der Waals surface area (Å²) in [5.41, 5.74) is 11.9.